The summed E-state index contributed by atoms with van der Waals surface area (Å²) in [5.74, 6) is -3.51. The van der Waals surface area contributed by atoms with Crippen molar-refractivity contribution in [2.75, 3.05) is 0 Å². The normalized spacial score (nSPS) is 13.3. The predicted octanol–water partition coefficient (Wildman–Crippen LogP) is 2.24. The second kappa shape index (κ2) is 5.19. The Morgan fingerprint density at radius 3 is 2.32 bits per heavy atom. The van der Waals surface area contributed by atoms with E-state index in [0.29, 0.717) is 5.06 Å². The lowest BCUT2D eigenvalue weighted by atomic mass is 10.1. The average Bonchev–Trinajstić information content (AvgIpc) is 2.75. The van der Waals surface area contributed by atoms with E-state index >= 15 is 0 Å². The molecule has 1 aromatic carbocycles. The molecule has 0 spiro atoms. The van der Waals surface area contributed by atoms with Gasteiger partial charge in [-0.1, -0.05) is 28.8 Å². The van der Waals surface area contributed by atoms with Gasteiger partial charge in [0.2, 0.25) is 5.95 Å². The molecule has 1 aromatic heterocycles. The molecule has 22 heavy (non-hydrogen) atoms. The van der Waals surface area contributed by atoms with Crippen molar-refractivity contribution in [2.45, 2.75) is 0 Å². The number of hydrogen-bond donors (Lipinski definition) is 0. The number of hydrogen-bond acceptors (Lipinski definition) is 5. The minimum absolute atomic E-state index is 0.135. The number of amides is 2. The summed E-state index contributed by atoms with van der Waals surface area (Å²) in [4.78, 5) is 44.0. The molecule has 1 aliphatic rings. The van der Waals surface area contributed by atoms with Crippen LogP contribution in [0, 0.1) is 5.95 Å². The Balaban J connectivity index is 1.85. The fraction of sp³-hybridized carbons (Fsp3) is 0. The highest BCUT2D eigenvalue weighted by atomic mass is 35.5. The summed E-state index contributed by atoms with van der Waals surface area (Å²) >= 11 is 5.51. The highest BCUT2D eigenvalue weighted by molar-refractivity contribution is 6.31. The summed E-state index contributed by atoms with van der Waals surface area (Å²) in [5, 5.41) is -0.0265. The molecule has 0 aliphatic carbocycles. The van der Waals surface area contributed by atoms with Gasteiger partial charge in [0.15, 0.2) is 0 Å². The SMILES string of the molecule is O=C(ON1C(=O)c2ccccc2C1=O)c1cnc(F)c(Cl)c1. The van der Waals surface area contributed by atoms with E-state index in [1.165, 1.54) is 12.1 Å². The van der Waals surface area contributed by atoms with Gasteiger partial charge in [0, 0.05) is 6.20 Å². The zero-order valence-corrected chi connectivity index (χ0v) is 11.5. The molecule has 1 aliphatic heterocycles. The van der Waals surface area contributed by atoms with Gasteiger partial charge in [0.25, 0.3) is 11.8 Å². The largest absolute Gasteiger partial charge is 0.365 e. The number of rotatable bonds is 2. The van der Waals surface area contributed by atoms with Crippen LogP contribution in [0.3, 0.4) is 0 Å². The van der Waals surface area contributed by atoms with Gasteiger partial charge in [0.05, 0.1) is 21.7 Å². The second-order valence-electron chi connectivity index (χ2n) is 4.33. The molecule has 0 saturated carbocycles. The summed E-state index contributed by atoms with van der Waals surface area (Å²) in [6.07, 6.45) is 0.891. The fourth-order valence-electron chi connectivity index (χ4n) is 1.92. The highest BCUT2D eigenvalue weighted by Crippen LogP contribution is 2.23. The highest BCUT2D eigenvalue weighted by Gasteiger charge is 2.38. The summed E-state index contributed by atoms with van der Waals surface area (Å²) in [5.41, 5.74) is 0.0779. The maximum Gasteiger partial charge on any atom is 0.365 e. The van der Waals surface area contributed by atoms with E-state index in [4.69, 9.17) is 16.4 Å². The van der Waals surface area contributed by atoms with E-state index in [-0.39, 0.29) is 21.7 Å². The summed E-state index contributed by atoms with van der Waals surface area (Å²) < 4.78 is 13.0. The predicted molar refractivity (Wildman–Crippen MR) is 71.6 cm³/mol. The first-order valence-corrected chi connectivity index (χ1v) is 6.38. The van der Waals surface area contributed by atoms with Crippen LogP contribution in [-0.2, 0) is 4.84 Å². The minimum Gasteiger partial charge on any atom is -0.324 e. The molecule has 0 N–H and O–H groups in total. The van der Waals surface area contributed by atoms with Gasteiger partial charge in [-0.05, 0) is 18.2 Å². The molecule has 2 aromatic rings. The third-order valence-corrected chi connectivity index (χ3v) is 3.23. The number of fused-ring (bicyclic) bond motifs is 1. The van der Waals surface area contributed by atoms with E-state index in [1.54, 1.807) is 12.1 Å². The van der Waals surface area contributed by atoms with Crippen molar-refractivity contribution >= 4 is 29.4 Å². The summed E-state index contributed by atoms with van der Waals surface area (Å²) in [6, 6.07) is 7.04. The molecule has 2 amide bonds. The van der Waals surface area contributed by atoms with Gasteiger partial charge in [-0.15, -0.1) is 0 Å². The van der Waals surface area contributed by atoms with Crippen LogP contribution in [0.2, 0.25) is 5.02 Å². The number of carbonyl (C=O) groups excluding carboxylic acids is 3. The third-order valence-electron chi connectivity index (χ3n) is 2.96. The lowest BCUT2D eigenvalue weighted by Gasteiger charge is -2.12. The standard InChI is InChI=1S/C14H6ClFN2O4/c15-10-5-7(6-17-11(10)16)14(21)22-18-12(19)8-3-1-2-4-9(8)13(18)20/h1-6H. The molecule has 3 rings (SSSR count). The Kier molecular flexibility index (Phi) is 3.34. The minimum atomic E-state index is -1.05. The van der Waals surface area contributed by atoms with Gasteiger partial charge in [-0.2, -0.15) is 4.39 Å². The number of nitrogens with zero attached hydrogens (tertiary/aromatic N) is 2. The van der Waals surface area contributed by atoms with Crippen molar-refractivity contribution < 1.29 is 23.6 Å². The second-order valence-corrected chi connectivity index (χ2v) is 4.73. The molecule has 0 radical (unpaired) electrons. The lowest BCUT2D eigenvalue weighted by Crippen LogP contribution is -2.32. The fourth-order valence-corrected chi connectivity index (χ4v) is 2.08. The number of halogens is 2. The Bertz CT molecular complexity index is 789. The molecule has 0 atom stereocenters. The molecule has 8 heteroatoms. The van der Waals surface area contributed by atoms with Crippen LogP contribution in [0.1, 0.15) is 31.1 Å². The van der Waals surface area contributed by atoms with Crippen LogP contribution < -0.4 is 0 Å². The zero-order valence-electron chi connectivity index (χ0n) is 10.7. The molecule has 6 nitrogen and oxygen atoms in total. The van der Waals surface area contributed by atoms with Crippen molar-refractivity contribution in [1.82, 2.24) is 10.0 Å². The van der Waals surface area contributed by atoms with Crippen molar-refractivity contribution in [3.05, 3.63) is 64.2 Å². The van der Waals surface area contributed by atoms with E-state index in [2.05, 4.69) is 4.98 Å². The van der Waals surface area contributed by atoms with E-state index in [0.717, 1.165) is 12.3 Å². The van der Waals surface area contributed by atoms with Crippen LogP contribution in [-0.4, -0.2) is 27.8 Å². The first kappa shape index (κ1) is 14.2. The number of benzene rings is 1. The van der Waals surface area contributed by atoms with Gasteiger partial charge < -0.3 is 4.84 Å². The molecule has 0 fully saturated rings. The van der Waals surface area contributed by atoms with Crippen molar-refractivity contribution in [1.29, 1.82) is 0 Å². The van der Waals surface area contributed by atoms with Gasteiger partial charge in [-0.3, -0.25) is 9.59 Å². The quantitative estimate of drug-likeness (QED) is 0.626. The van der Waals surface area contributed by atoms with Crippen molar-refractivity contribution in [3.8, 4) is 0 Å². The zero-order chi connectivity index (χ0) is 15.9. The molecule has 110 valence electrons. The van der Waals surface area contributed by atoms with Gasteiger partial charge in [-0.25, -0.2) is 9.78 Å². The number of pyridine rings is 1. The molecule has 0 saturated heterocycles. The Morgan fingerprint density at radius 1 is 1.18 bits per heavy atom. The molecule has 0 unspecified atom stereocenters. The topological polar surface area (TPSA) is 76.6 Å². The van der Waals surface area contributed by atoms with Crippen molar-refractivity contribution in [2.24, 2.45) is 0 Å². The number of hydroxylamine groups is 2. The smallest absolute Gasteiger partial charge is 0.324 e. The van der Waals surface area contributed by atoms with Crippen LogP contribution in [0.5, 0.6) is 0 Å². The summed E-state index contributed by atoms with van der Waals surface area (Å²) in [6.45, 7) is 0. The van der Waals surface area contributed by atoms with Gasteiger partial charge in [0.1, 0.15) is 0 Å². The monoisotopic (exact) mass is 320 g/mol. The summed E-state index contributed by atoms with van der Waals surface area (Å²) in [7, 11) is 0. The number of carbonyl (C=O) groups is 3. The number of aromatic nitrogens is 1. The third kappa shape index (κ3) is 2.21. The van der Waals surface area contributed by atoms with Crippen LogP contribution in [0.15, 0.2) is 36.5 Å². The van der Waals surface area contributed by atoms with Crippen LogP contribution >= 0.6 is 11.6 Å². The van der Waals surface area contributed by atoms with Crippen molar-refractivity contribution in [3.63, 3.8) is 0 Å². The lowest BCUT2D eigenvalue weighted by molar-refractivity contribution is -0.0584. The molecule has 0 bridgehead atoms. The van der Waals surface area contributed by atoms with Gasteiger partial charge >= 0.3 is 5.97 Å². The van der Waals surface area contributed by atoms with Crippen LogP contribution in [0.4, 0.5) is 4.39 Å². The first-order valence-electron chi connectivity index (χ1n) is 6.00. The van der Waals surface area contributed by atoms with Crippen LogP contribution in [0.25, 0.3) is 0 Å². The maximum atomic E-state index is 13.0. The Morgan fingerprint density at radius 2 is 1.77 bits per heavy atom. The number of imide groups is 1. The Hall–Kier alpha value is -2.80. The Labute approximate surface area is 128 Å². The molecular formula is C14H6ClFN2O4. The average molecular weight is 321 g/mol. The first-order chi connectivity index (χ1) is 10.5. The van der Waals surface area contributed by atoms with E-state index < -0.39 is 23.7 Å². The molecular weight excluding hydrogens is 315 g/mol. The van der Waals surface area contributed by atoms with E-state index in [1.807, 2.05) is 0 Å². The van der Waals surface area contributed by atoms with E-state index in [9.17, 15) is 18.8 Å². The molecule has 2 heterocycles. The maximum absolute atomic E-state index is 13.0.